The SMILES string of the molecule is NNC(=O)NCCCCC1CCSS1. The van der Waals surface area contributed by atoms with Gasteiger partial charge in [0.2, 0.25) is 0 Å². The Bertz CT molecular complexity index is 174. The van der Waals surface area contributed by atoms with Gasteiger partial charge in [0.05, 0.1) is 0 Å². The Hall–Kier alpha value is -0.0700. The second-order valence-electron chi connectivity index (χ2n) is 3.22. The Morgan fingerprint density at radius 2 is 2.36 bits per heavy atom. The summed E-state index contributed by atoms with van der Waals surface area (Å²) in [5, 5.41) is 3.51. The molecule has 2 amide bonds. The van der Waals surface area contributed by atoms with Crippen LogP contribution in [0.25, 0.3) is 0 Å². The van der Waals surface area contributed by atoms with Gasteiger partial charge in [-0.25, -0.2) is 10.6 Å². The van der Waals surface area contributed by atoms with Crippen LogP contribution in [0.3, 0.4) is 0 Å². The van der Waals surface area contributed by atoms with Crippen molar-refractivity contribution in [1.82, 2.24) is 10.7 Å². The molecule has 1 fully saturated rings. The zero-order valence-electron chi connectivity index (χ0n) is 8.12. The van der Waals surface area contributed by atoms with Gasteiger partial charge in [-0.3, -0.25) is 5.43 Å². The molecule has 14 heavy (non-hydrogen) atoms. The summed E-state index contributed by atoms with van der Waals surface area (Å²) in [5.74, 6) is 6.21. The average molecular weight is 235 g/mol. The molecule has 1 aliphatic heterocycles. The van der Waals surface area contributed by atoms with Gasteiger partial charge in [0.25, 0.3) is 0 Å². The molecule has 0 radical (unpaired) electrons. The van der Waals surface area contributed by atoms with E-state index in [4.69, 9.17) is 5.84 Å². The van der Waals surface area contributed by atoms with Crippen LogP contribution in [0.2, 0.25) is 0 Å². The number of urea groups is 1. The number of nitrogens with two attached hydrogens (primary N) is 1. The topological polar surface area (TPSA) is 67.1 Å². The van der Waals surface area contributed by atoms with Crippen molar-refractivity contribution < 1.29 is 4.79 Å². The molecule has 0 bridgehead atoms. The molecule has 1 rings (SSSR count). The Morgan fingerprint density at radius 1 is 1.50 bits per heavy atom. The van der Waals surface area contributed by atoms with Crippen LogP contribution in [0.4, 0.5) is 4.79 Å². The van der Waals surface area contributed by atoms with Crippen molar-refractivity contribution in [3.05, 3.63) is 0 Å². The highest BCUT2D eigenvalue weighted by atomic mass is 33.1. The Balaban J connectivity index is 1.86. The zero-order valence-corrected chi connectivity index (χ0v) is 9.76. The quantitative estimate of drug-likeness (QED) is 0.222. The lowest BCUT2D eigenvalue weighted by Gasteiger charge is -2.07. The Kier molecular flexibility index (Phi) is 6.22. The van der Waals surface area contributed by atoms with Gasteiger partial charge in [-0.15, -0.1) is 0 Å². The summed E-state index contributed by atoms with van der Waals surface area (Å²) in [5.41, 5.74) is 2.04. The number of hydrogen-bond donors (Lipinski definition) is 3. The molecule has 0 spiro atoms. The molecule has 6 heteroatoms. The van der Waals surface area contributed by atoms with Crippen molar-refractivity contribution in [3.8, 4) is 0 Å². The van der Waals surface area contributed by atoms with E-state index < -0.39 is 0 Å². The first-order valence-electron chi connectivity index (χ1n) is 4.85. The van der Waals surface area contributed by atoms with Gasteiger partial charge in [-0.2, -0.15) is 0 Å². The highest BCUT2D eigenvalue weighted by molar-refractivity contribution is 8.77. The number of rotatable bonds is 5. The van der Waals surface area contributed by atoms with E-state index in [1.54, 1.807) is 0 Å². The maximum atomic E-state index is 10.7. The predicted octanol–water partition coefficient (Wildman–Crippen LogP) is 1.48. The second kappa shape index (κ2) is 7.25. The van der Waals surface area contributed by atoms with Crippen molar-refractivity contribution in [1.29, 1.82) is 0 Å². The number of hydrogen-bond acceptors (Lipinski definition) is 4. The number of amides is 2. The van der Waals surface area contributed by atoms with E-state index in [0.29, 0.717) is 6.54 Å². The van der Waals surface area contributed by atoms with E-state index in [0.717, 1.165) is 11.7 Å². The van der Waals surface area contributed by atoms with Crippen LogP contribution < -0.4 is 16.6 Å². The fourth-order valence-corrected chi connectivity index (χ4v) is 4.34. The van der Waals surface area contributed by atoms with Gasteiger partial charge in [-0.05, 0) is 19.3 Å². The van der Waals surface area contributed by atoms with E-state index in [2.05, 4.69) is 5.32 Å². The van der Waals surface area contributed by atoms with E-state index in [1.165, 1.54) is 25.0 Å². The molecule has 1 saturated heterocycles. The molecule has 0 aliphatic carbocycles. The van der Waals surface area contributed by atoms with Gasteiger partial charge < -0.3 is 5.32 Å². The highest BCUT2D eigenvalue weighted by Crippen LogP contribution is 2.39. The van der Waals surface area contributed by atoms with Crippen molar-refractivity contribution in [2.75, 3.05) is 12.3 Å². The zero-order chi connectivity index (χ0) is 10.2. The van der Waals surface area contributed by atoms with Gasteiger partial charge >= 0.3 is 6.03 Å². The van der Waals surface area contributed by atoms with Gasteiger partial charge in [0.1, 0.15) is 0 Å². The first-order chi connectivity index (χ1) is 6.83. The summed E-state index contributed by atoms with van der Waals surface area (Å²) in [6.07, 6.45) is 4.83. The number of hydrazine groups is 1. The summed E-state index contributed by atoms with van der Waals surface area (Å²) >= 11 is 0. The van der Waals surface area contributed by atoms with Gasteiger partial charge in [0.15, 0.2) is 0 Å². The Labute approximate surface area is 92.5 Å². The van der Waals surface area contributed by atoms with Crippen LogP contribution in [0.5, 0.6) is 0 Å². The lowest BCUT2D eigenvalue weighted by Crippen LogP contribution is -2.40. The van der Waals surface area contributed by atoms with Crippen molar-refractivity contribution >= 4 is 27.6 Å². The normalized spacial score (nSPS) is 20.8. The van der Waals surface area contributed by atoms with Gasteiger partial charge in [0, 0.05) is 17.5 Å². The maximum absolute atomic E-state index is 10.7. The molecule has 1 atom stereocenters. The summed E-state index contributed by atoms with van der Waals surface area (Å²) in [6, 6.07) is -0.296. The Morgan fingerprint density at radius 3 is 3.00 bits per heavy atom. The van der Waals surface area contributed by atoms with E-state index in [-0.39, 0.29) is 6.03 Å². The van der Waals surface area contributed by atoms with Gasteiger partial charge in [-0.1, -0.05) is 28.0 Å². The fraction of sp³-hybridized carbons (Fsp3) is 0.875. The molecule has 4 nitrogen and oxygen atoms in total. The van der Waals surface area contributed by atoms with Crippen molar-refractivity contribution in [3.63, 3.8) is 0 Å². The van der Waals surface area contributed by atoms with Crippen molar-refractivity contribution in [2.45, 2.75) is 30.9 Å². The minimum absolute atomic E-state index is 0.296. The van der Waals surface area contributed by atoms with Crippen LogP contribution in [0.1, 0.15) is 25.7 Å². The first kappa shape index (κ1) is 12.0. The lowest BCUT2D eigenvalue weighted by molar-refractivity contribution is 0.241. The molecular weight excluding hydrogens is 218 g/mol. The molecule has 1 aliphatic rings. The van der Waals surface area contributed by atoms with Crippen LogP contribution in [-0.4, -0.2) is 23.6 Å². The minimum Gasteiger partial charge on any atom is -0.337 e. The smallest absolute Gasteiger partial charge is 0.328 e. The molecule has 82 valence electrons. The van der Waals surface area contributed by atoms with Crippen LogP contribution >= 0.6 is 21.6 Å². The summed E-state index contributed by atoms with van der Waals surface area (Å²) in [4.78, 5) is 10.7. The number of carbonyl (C=O) groups excluding carboxylic acids is 1. The monoisotopic (exact) mass is 235 g/mol. The molecule has 1 heterocycles. The largest absolute Gasteiger partial charge is 0.337 e. The van der Waals surface area contributed by atoms with E-state index in [9.17, 15) is 4.79 Å². The minimum atomic E-state index is -0.296. The fourth-order valence-electron chi connectivity index (χ4n) is 1.31. The summed E-state index contributed by atoms with van der Waals surface area (Å²) in [6.45, 7) is 0.716. The van der Waals surface area contributed by atoms with E-state index >= 15 is 0 Å². The highest BCUT2D eigenvalue weighted by Gasteiger charge is 2.15. The third-order valence-electron chi connectivity index (χ3n) is 2.10. The summed E-state index contributed by atoms with van der Waals surface area (Å²) < 4.78 is 0. The summed E-state index contributed by atoms with van der Waals surface area (Å²) in [7, 11) is 3.98. The molecular formula is C8H17N3OS2. The third-order valence-corrected chi connectivity index (χ3v) is 5.10. The number of carbonyl (C=O) groups is 1. The second-order valence-corrected chi connectivity index (χ2v) is 6.01. The van der Waals surface area contributed by atoms with Crippen molar-refractivity contribution in [2.24, 2.45) is 5.84 Å². The van der Waals surface area contributed by atoms with Crippen LogP contribution in [0, 0.1) is 0 Å². The molecule has 0 aromatic carbocycles. The molecule has 0 aromatic heterocycles. The third kappa shape index (κ3) is 4.97. The number of unbranched alkanes of at least 4 members (excludes halogenated alkanes) is 1. The molecule has 1 unspecified atom stereocenters. The van der Waals surface area contributed by atoms with E-state index in [1.807, 2.05) is 27.0 Å². The first-order valence-corrected chi connectivity index (χ1v) is 7.24. The average Bonchev–Trinajstić information content (AvgIpc) is 2.69. The van der Waals surface area contributed by atoms with Crippen LogP contribution in [-0.2, 0) is 0 Å². The predicted molar refractivity (Wildman–Crippen MR) is 63.0 cm³/mol. The maximum Gasteiger partial charge on any atom is 0.328 e. The molecule has 4 N–H and O–H groups in total. The number of nitrogens with one attached hydrogen (secondary N) is 2. The standard InChI is InChI=1S/C8H17N3OS2/c9-11-8(12)10-5-2-1-3-7-4-6-13-14-7/h7H,1-6,9H2,(H2,10,11,12). The lowest BCUT2D eigenvalue weighted by atomic mass is 10.1. The molecule has 0 saturated carbocycles. The molecule has 0 aromatic rings. The van der Waals surface area contributed by atoms with Crippen LogP contribution in [0.15, 0.2) is 0 Å².